The average molecular weight is 485 g/mol. The number of aromatic hydroxyl groups is 1. The van der Waals surface area contributed by atoms with Crippen molar-refractivity contribution >= 4 is 41.2 Å². The van der Waals surface area contributed by atoms with Crippen molar-refractivity contribution in [3.63, 3.8) is 0 Å². The molecule has 8 nitrogen and oxygen atoms in total. The number of hydrogen-bond donors (Lipinski definition) is 3. The van der Waals surface area contributed by atoms with E-state index in [0.717, 1.165) is 17.1 Å². The van der Waals surface area contributed by atoms with Gasteiger partial charge in [-0.3, -0.25) is 4.79 Å². The van der Waals surface area contributed by atoms with E-state index in [4.69, 9.17) is 11.6 Å². The highest BCUT2D eigenvalue weighted by Crippen LogP contribution is 2.23. The summed E-state index contributed by atoms with van der Waals surface area (Å²) < 4.78 is 1.83. The van der Waals surface area contributed by atoms with Crippen LogP contribution in [0.5, 0.6) is 5.75 Å². The summed E-state index contributed by atoms with van der Waals surface area (Å²) in [5.41, 5.74) is 4.64. The van der Waals surface area contributed by atoms with E-state index < -0.39 is 5.25 Å². The Hall–Kier alpha value is -3.30. The molecule has 1 aromatic heterocycles. The van der Waals surface area contributed by atoms with Crippen LogP contribution in [0.3, 0.4) is 0 Å². The van der Waals surface area contributed by atoms with Gasteiger partial charge >= 0.3 is 0 Å². The first-order chi connectivity index (χ1) is 15.9. The van der Waals surface area contributed by atoms with Crippen molar-refractivity contribution in [2.75, 3.05) is 5.32 Å². The Kier molecular flexibility index (Phi) is 8.51. The van der Waals surface area contributed by atoms with Crippen molar-refractivity contribution in [3.8, 4) is 5.75 Å². The summed E-state index contributed by atoms with van der Waals surface area (Å²) in [6.45, 7) is 5.90. The highest BCUT2D eigenvalue weighted by molar-refractivity contribution is 8.00. The van der Waals surface area contributed by atoms with Gasteiger partial charge in [0.15, 0.2) is 11.0 Å². The lowest BCUT2D eigenvalue weighted by atomic mass is 10.1. The quantitative estimate of drug-likeness (QED) is 0.173. The van der Waals surface area contributed by atoms with Crippen LogP contribution in [0.1, 0.15) is 23.9 Å². The molecule has 0 spiro atoms. The number of rotatable bonds is 10. The normalized spacial score (nSPS) is 12.0. The molecule has 3 N–H and O–H groups in total. The predicted molar refractivity (Wildman–Crippen MR) is 133 cm³/mol. The molecule has 10 heteroatoms. The van der Waals surface area contributed by atoms with Crippen molar-refractivity contribution in [3.05, 3.63) is 77.1 Å². The molecule has 172 valence electrons. The van der Waals surface area contributed by atoms with E-state index in [0.29, 0.717) is 28.7 Å². The summed E-state index contributed by atoms with van der Waals surface area (Å²) >= 11 is 7.28. The fourth-order valence-corrected chi connectivity index (χ4v) is 3.90. The Morgan fingerprint density at radius 2 is 2.12 bits per heavy atom. The Morgan fingerprint density at radius 1 is 1.33 bits per heavy atom. The molecule has 0 unspecified atom stereocenters. The molecule has 1 atom stereocenters. The number of amides is 1. The van der Waals surface area contributed by atoms with Crippen LogP contribution in [0.15, 0.2) is 65.4 Å². The monoisotopic (exact) mass is 484 g/mol. The number of allylic oxidation sites excluding steroid dienone is 1. The lowest BCUT2D eigenvalue weighted by Gasteiger charge is -2.10. The number of nitrogens with zero attached hydrogens (tertiary/aromatic N) is 4. The van der Waals surface area contributed by atoms with Gasteiger partial charge in [-0.25, -0.2) is 5.43 Å². The number of anilines is 1. The maximum Gasteiger partial charge on any atom is 0.253 e. The Balaban J connectivity index is 1.55. The van der Waals surface area contributed by atoms with Crippen LogP contribution in [0, 0.1) is 0 Å². The molecule has 1 heterocycles. The van der Waals surface area contributed by atoms with Gasteiger partial charge in [-0.05, 0) is 43.2 Å². The highest BCUT2D eigenvalue weighted by atomic mass is 35.5. The van der Waals surface area contributed by atoms with Crippen LogP contribution in [0.4, 0.5) is 5.69 Å². The van der Waals surface area contributed by atoms with Crippen molar-refractivity contribution in [1.29, 1.82) is 0 Å². The fourth-order valence-electron chi connectivity index (χ4n) is 2.88. The summed E-state index contributed by atoms with van der Waals surface area (Å²) in [5.74, 6) is 0.549. The Bertz CT molecular complexity index is 1160. The molecule has 1 amide bonds. The van der Waals surface area contributed by atoms with Gasteiger partial charge in [0.25, 0.3) is 5.91 Å². The minimum absolute atomic E-state index is 0.121. The second-order valence-electron chi connectivity index (χ2n) is 7.16. The summed E-state index contributed by atoms with van der Waals surface area (Å²) in [5, 5.41) is 26.7. The van der Waals surface area contributed by atoms with Crippen molar-refractivity contribution < 1.29 is 9.90 Å². The largest absolute Gasteiger partial charge is 0.507 e. The molecule has 0 fully saturated rings. The standard InChI is InChI=1S/C23H25ClN6O2S/c1-4-7-16-8-5-9-17(21(16)31)13-26-28-22(32)15(2)33-23-29-27-20(30(23)3)14-25-19-11-6-10-18(24)12-19/h4-6,8-13,15,25,31H,1,7,14H2,2-3H3,(H,28,32)/t15-/m0/s1. The molecule has 2 aromatic carbocycles. The topological polar surface area (TPSA) is 104 Å². The van der Waals surface area contributed by atoms with E-state index in [1.54, 1.807) is 19.1 Å². The van der Waals surface area contributed by atoms with Crippen molar-refractivity contribution in [2.24, 2.45) is 12.1 Å². The van der Waals surface area contributed by atoms with Gasteiger partial charge in [0.1, 0.15) is 5.75 Å². The van der Waals surface area contributed by atoms with Gasteiger partial charge in [-0.15, -0.1) is 16.8 Å². The zero-order chi connectivity index (χ0) is 23.8. The molecule has 3 rings (SSSR count). The van der Waals surface area contributed by atoms with Crippen LogP contribution in [-0.4, -0.2) is 37.2 Å². The number of nitrogens with one attached hydrogen (secondary N) is 2. The number of hydrazone groups is 1. The number of halogens is 1. The smallest absolute Gasteiger partial charge is 0.253 e. The number of carbonyl (C=O) groups excluding carboxylic acids is 1. The molecule has 0 aliphatic carbocycles. The first kappa shape index (κ1) is 24.3. The van der Waals surface area contributed by atoms with Gasteiger partial charge in [-0.1, -0.05) is 47.6 Å². The third-order valence-corrected chi connectivity index (χ3v) is 6.11. The molecule has 33 heavy (non-hydrogen) atoms. The minimum Gasteiger partial charge on any atom is -0.507 e. The van der Waals surface area contributed by atoms with E-state index in [9.17, 15) is 9.90 Å². The molecule has 0 radical (unpaired) electrons. The van der Waals surface area contributed by atoms with Crippen LogP contribution in [0.2, 0.25) is 5.02 Å². The number of phenolic OH excluding ortho intramolecular Hbond substituents is 1. The molecule has 0 aliphatic heterocycles. The number of benzene rings is 2. The summed E-state index contributed by atoms with van der Waals surface area (Å²) in [6, 6.07) is 12.8. The van der Waals surface area contributed by atoms with Crippen LogP contribution in [0.25, 0.3) is 0 Å². The average Bonchev–Trinajstić information content (AvgIpc) is 3.14. The highest BCUT2D eigenvalue weighted by Gasteiger charge is 2.18. The second kappa shape index (κ2) is 11.5. The zero-order valence-electron chi connectivity index (χ0n) is 18.3. The van der Waals surface area contributed by atoms with Crippen molar-refractivity contribution in [1.82, 2.24) is 20.2 Å². The third-order valence-electron chi connectivity index (χ3n) is 4.75. The molecule has 0 aliphatic rings. The molecule has 0 bridgehead atoms. The summed E-state index contributed by atoms with van der Waals surface area (Å²) in [4.78, 5) is 12.4. The van der Waals surface area contributed by atoms with E-state index in [1.807, 2.05) is 48.0 Å². The molecular formula is C23H25ClN6O2S. The molecule has 0 saturated carbocycles. The number of phenols is 1. The predicted octanol–water partition coefficient (Wildman–Crippen LogP) is 4.15. The maximum atomic E-state index is 12.4. The van der Waals surface area contributed by atoms with Gasteiger partial charge < -0.3 is 15.0 Å². The first-order valence-electron chi connectivity index (χ1n) is 10.2. The summed E-state index contributed by atoms with van der Waals surface area (Å²) in [7, 11) is 1.85. The molecular weight excluding hydrogens is 460 g/mol. The SMILES string of the molecule is C=CCc1cccc(C=NNC(=O)[C@H](C)Sc2nnc(CNc3cccc(Cl)c3)n2C)c1O. The van der Waals surface area contributed by atoms with E-state index in [-0.39, 0.29) is 11.7 Å². The van der Waals surface area contributed by atoms with E-state index >= 15 is 0 Å². The first-order valence-corrected chi connectivity index (χ1v) is 11.4. The third kappa shape index (κ3) is 6.59. The van der Waals surface area contributed by atoms with Crippen molar-refractivity contribution in [2.45, 2.75) is 30.3 Å². The van der Waals surface area contributed by atoms with Gasteiger partial charge in [0.05, 0.1) is 18.0 Å². The van der Waals surface area contributed by atoms with Crippen LogP contribution >= 0.6 is 23.4 Å². The number of thioether (sulfide) groups is 1. The molecule has 0 saturated heterocycles. The number of aromatic nitrogens is 3. The maximum absolute atomic E-state index is 12.4. The number of hydrogen-bond acceptors (Lipinski definition) is 7. The lowest BCUT2D eigenvalue weighted by molar-refractivity contribution is -0.120. The van der Waals surface area contributed by atoms with Gasteiger partial charge in [-0.2, -0.15) is 5.10 Å². The second-order valence-corrected chi connectivity index (χ2v) is 8.91. The minimum atomic E-state index is -0.459. The van der Waals surface area contributed by atoms with Crippen LogP contribution < -0.4 is 10.7 Å². The molecule has 3 aromatic rings. The van der Waals surface area contributed by atoms with E-state index in [2.05, 4.69) is 32.6 Å². The number of para-hydroxylation sites is 1. The zero-order valence-corrected chi connectivity index (χ0v) is 19.9. The van der Waals surface area contributed by atoms with Gasteiger partial charge in [0, 0.05) is 23.3 Å². The van der Waals surface area contributed by atoms with E-state index in [1.165, 1.54) is 18.0 Å². The van der Waals surface area contributed by atoms with Gasteiger partial charge in [0.2, 0.25) is 0 Å². The Morgan fingerprint density at radius 3 is 2.88 bits per heavy atom. The Labute approximate surface area is 201 Å². The number of carbonyl (C=O) groups is 1. The fraction of sp³-hybridized carbons (Fsp3) is 0.217. The summed E-state index contributed by atoms with van der Waals surface area (Å²) in [6.07, 6.45) is 3.67. The van der Waals surface area contributed by atoms with Crippen LogP contribution in [-0.2, 0) is 24.8 Å². The lowest BCUT2D eigenvalue weighted by Crippen LogP contribution is -2.27.